The van der Waals surface area contributed by atoms with E-state index in [-0.39, 0.29) is 34.3 Å². The lowest BCUT2D eigenvalue weighted by molar-refractivity contribution is 0.292. The van der Waals surface area contributed by atoms with Gasteiger partial charge in [-0.3, -0.25) is 4.57 Å². The smallest absolute Gasteiger partial charge is 0.343 e. The van der Waals surface area contributed by atoms with Crippen LogP contribution < -0.4 is 10.4 Å². The fourth-order valence-corrected chi connectivity index (χ4v) is 2.57. The highest BCUT2D eigenvalue weighted by molar-refractivity contribution is 6.32. The molecule has 1 heterocycles. The molecular weight excluding hydrogens is 385 g/mol. The number of nitrogens with zero attached hydrogens (tertiary/aromatic N) is 3. The van der Waals surface area contributed by atoms with E-state index in [0.717, 1.165) is 6.07 Å². The summed E-state index contributed by atoms with van der Waals surface area (Å²) in [5.41, 5.74) is -1.01. The van der Waals surface area contributed by atoms with E-state index in [2.05, 4.69) is 10.2 Å². The van der Waals surface area contributed by atoms with Crippen molar-refractivity contribution in [2.45, 2.75) is 6.61 Å². The van der Waals surface area contributed by atoms with Crippen LogP contribution in [0.1, 0.15) is 11.4 Å². The number of hydrogen-bond acceptors (Lipinski definition) is 4. The second-order valence-electron chi connectivity index (χ2n) is 5.48. The number of rotatable bonds is 4. The number of H-pyrrole nitrogens is 1. The average Bonchev–Trinajstić information content (AvgIpc) is 2.95. The number of nitriles is 1. The lowest BCUT2D eigenvalue weighted by Gasteiger charge is -2.14. The van der Waals surface area contributed by atoms with Crippen LogP contribution in [0.2, 0.25) is 5.02 Å². The Bertz CT molecular complexity index is 1130. The molecule has 6 nitrogen and oxygen atoms in total. The third-order valence-electron chi connectivity index (χ3n) is 3.80. The van der Waals surface area contributed by atoms with E-state index in [4.69, 9.17) is 21.6 Å². The number of nitrogens with one attached hydrogen (secondary N) is 1. The summed E-state index contributed by atoms with van der Waals surface area (Å²) in [6.07, 6.45) is 0. The molecule has 0 aliphatic heterocycles. The molecule has 0 bridgehead atoms. The van der Waals surface area contributed by atoms with Gasteiger partial charge in [-0.25, -0.2) is 23.1 Å². The van der Waals surface area contributed by atoms with Crippen LogP contribution in [0, 0.1) is 28.8 Å². The normalized spacial score (nSPS) is 10.7. The zero-order chi connectivity index (χ0) is 19.7. The van der Waals surface area contributed by atoms with Gasteiger partial charge in [0.05, 0.1) is 10.6 Å². The predicted octanol–water partition coefficient (Wildman–Crippen LogP) is 3.30. The second-order valence-corrected chi connectivity index (χ2v) is 5.89. The summed E-state index contributed by atoms with van der Waals surface area (Å²) >= 11 is 5.99. The first-order valence-electron chi connectivity index (χ1n) is 7.43. The van der Waals surface area contributed by atoms with Crippen LogP contribution in [-0.4, -0.2) is 14.8 Å². The van der Waals surface area contributed by atoms with Gasteiger partial charge in [-0.05, 0) is 12.1 Å². The second kappa shape index (κ2) is 7.17. The third-order valence-corrected chi connectivity index (χ3v) is 4.11. The highest BCUT2D eigenvalue weighted by Gasteiger charge is 2.19. The topological polar surface area (TPSA) is 83.7 Å². The van der Waals surface area contributed by atoms with Crippen LogP contribution in [0.25, 0.3) is 11.1 Å². The van der Waals surface area contributed by atoms with E-state index in [1.165, 1.54) is 23.7 Å². The Morgan fingerprint density at radius 2 is 2.00 bits per heavy atom. The van der Waals surface area contributed by atoms with Crippen molar-refractivity contribution in [3.05, 3.63) is 68.6 Å². The van der Waals surface area contributed by atoms with Gasteiger partial charge in [0.2, 0.25) is 0 Å². The summed E-state index contributed by atoms with van der Waals surface area (Å²) in [6.45, 7) is -0.218. The van der Waals surface area contributed by atoms with Gasteiger partial charge in [-0.2, -0.15) is 10.4 Å². The monoisotopic (exact) mass is 394 g/mol. The number of benzene rings is 2. The molecule has 3 rings (SSSR count). The maximum Gasteiger partial charge on any atom is 0.343 e. The molecule has 0 unspecified atom stereocenters. The molecule has 0 amide bonds. The summed E-state index contributed by atoms with van der Waals surface area (Å²) in [5, 5.41) is 15.1. The minimum absolute atomic E-state index is 0.00412. The van der Waals surface area contributed by atoms with Crippen LogP contribution >= 0.6 is 11.6 Å². The number of aromatic amines is 1. The summed E-state index contributed by atoms with van der Waals surface area (Å²) in [4.78, 5) is 11.4. The van der Waals surface area contributed by atoms with Crippen molar-refractivity contribution in [2.75, 3.05) is 0 Å². The molecule has 0 saturated heterocycles. The Morgan fingerprint density at radius 3 is 2.63 bits per heavy atom. The summed E-state index contributed by atoms with van der Waals surface area (Å²) in [6, 6.07) is 5.38. The zero-order valence-corrected chi connectivity index (χ0v) is 14.4. The molecule has 10 heteroatoms. The predicted molar refractivity (Wildman–Crippen MR) is 89.6 cm³/mol. The Labute approximate surface area is 155 Å². The van der Waals surface area contributed by atoms with Crippen LogP contribution in [0.3, 0.4) is 0 Å². The Balaban J connectivity index is 2.11. The van der Waals surface area contributed by atoms with Gasteiger partial charge in [0.15, 0.2) is 17.5 Å². The van der Waals surface area contributed by atoms with Crippen molar-refractivity contribution < 1.29 is 17.9 Å². The van der Waals surface area contributed by atoms with E-state index in [1.54, 1.807) is 0 Å². The molecule has 0 saturated carbocycles. The van der Waals surface area contributed by atoms with E-state index in [9.17, 15) is 18.0 Å². The van der Waals surface area contributed by atoms with Crippen molar-refractivity contribution in [1.82, 2.24) is 14.8 Å². The van der Waals surface area contributed by atoms with E-state index < -0.39 is 28.7 Å². The van der Waals surface area contributed by atoms with Gasteiger partial charge in [-0.1, -0.05) is 11.6 Å². The van der Waals surface area contributed by atoms with Crippen molar-refractivity contribution in [3.8, 4) is 22.9 Å². The molecule has 1 N–H and O–H groups in total. The van der Waals surface area contributed by atoms with Crippen LogP contribution in [0.4, 0.5) is 13.2 Å². The van der Waals surface area contributed by atoms with E-state index in [1.807, 2.05) is 6.07 Å². The van der Waals surface area contributed by atoms with Crippen molar-refractivity contribution in [3.63, 3.8) is 0 Å². The maximum atomic E-state index is 14.2. The van der Waals surface area contributed by atoms with Crippen molar-refractivity contribution in [1.29, 1.82) is 5.26 Å². The largest absolute Gasteiger partial charge is 0.485 e. The minimum Gasteiger partial charge on any atom is -0.485 e. The molecule has 0 radical (unpaired) electrons. The van der Waals surface area contributed by atoms with Gasteiger partial charge in [0, 0.05) is 30.3 Å². The van der Waals surface area contributed by atoms with Gasteiger partial charge in [0.1, 0.15) is 24.2 Å². The van der Waals surface area contributed by atoms with Gasteiger partial charge < -0.3 is 4.74 Å². The average molecular weight is 395 g/mol. The minimum atomic E-state index is -1.39. The zero-order valence-electron chi connectivity index (χ0n) is 13.7. The van der Waals surface area contributed by atoms with Crippen LogP contribution in [0.5, 0.6) is 5.75 Å². The third kappa shape index (κ3) is 3.52. The van der Waals surface area contributed by atoms with Crippen LogP contribution in [-0.2, 0) is 13.7 Å². The van der Waals surface area contributed by atoms with Gasteiger partial charge in [-0.15, -0.1) is 0 Å². The van der Waals surface area contributed by atoms with Gasteiger partial charge in [0.25, 0.3) is 0 Å². The van der Waals surface area contributed by atoms with E-state index >= 15 is 0 Å². The summed E-state index contributed by atoms with van der Waals surface area (Å²) in [7, 11) is 1.46. The Kier molecular flexibility index (Phi) is 4.92. The summed E-state index contributed by atoms with van der Waals surface area (Å²) < 4.78 is 48.2. The molecule has 0 atom stereocenters. The van der Waals surface area contributed by atoms with Crippen LogP contribution in [0.15, 0.2) is 29.1 Å². The lowest BCUT2D eigenvalue weighted by atomic mass is 10.0. The molecule has 3 aromatic rings. The molecule has 0 aliphatic rings. The van der Waals surface area contributed by atoms with Crippen molar-refractivity contribution in [2.24, 2.45) is 7.05 Å². The van der Waals surface area contributed by atoms with Crippen molar-refractivity contribution >= 4 is 11.6 Å². The molecule has 0 spiro atoms. The molecule has 138 valence electrons. The lowest BCUT2D eigenvalue weighted by Crippen LogP contribution is -2.15. The number of ether oxygens (including phenoxy) is 1. The molecule has 0 aliphatic carbocycles. The Morgan fingerprint density at radius 1 is 1.26 bits per heavy atom. The van der Waals surface area contributed by atoms with Gasteiger partial charge >= 0.3 is 5.69 Å². The number of hydrogen-bond donors (Lipinski definition) is 1. The summed E-state index contributed by atoms with van der Waals surface area (Å²) in [5.74, 6) is -3.52. The number of halogens is 4. The Hall–Kier alpha value is -3.25. The molecular formula is C17H10ClF3N4O2. The first-order chi connectivity index (χ1) is 12.8. The molecule has 0 fully saturated rings. The first kappa shape index (κ1) is 18.5. The highest BCUT2D eigenvalue weighted by atomic mass is 35.5. The molecule has 1 aromatic heterocycles. The van der Waals surface area contributed by atoms with E-state index in [0.29, 0.717) is 6.07 Å². The SMILES string of the molecule is Cn1c(COc2cc(Cl)c(C#N)cc2-c2cc(F)cc(F)c2F)n[nH]c1=O. The fourth-order valence-electron chi connectivity index (χ4n) is 2.37. The fraction of sp³-hybridized carbons (Fsp3) is 0.118. The highest BCUT2D eigenvalue weighted by Crippen LogP contribution is 2.37. The standard InChI is InChI=1S/C17H10ClF3N4O2/c1-25-15(23-24-17(25)26)7-27-14-5-12(18)8(6-22)2-10(14)11-3-9(19)4-13(20)16(11)21/h2-5H,7H2,1H3,(H,24,26). The quantitative estimate of drug-likeness (QED) is 0.688. The molecule has 2 aromatic carbocycles. The first-order valence-corrected chi connectivity index (χ1v) is 7.81. The maximum absolute atomic E-state index is 14.2. The molecule has 27 heavy (non-hydrogen) atoms. The number of aromatic nitrogens is 3.